The molecule has 0 heterocycles. The van der Waals surface area contributed by atoms with Crippen molar-refractivity contribution in [3.63, 3.8) is 0 Å². The maximum absolute atomic E-state index is 14.4. The summed E-state index contributed by atoms with van der Waals surface area (Å²) in [7, 11) is 0. The van der Waals surface area contributed by atoms with E-state index in [2.05, 4.69) is 13.8 Å². The van der Waals surface area contributed by atoms with Gasteiger partial charge in [0.1, 0.15) is 5.82 Å². The van der Waals surface area contributed by atoms with Crippen LogP contribution in [0.3, 0.4) is 0 Å². The van der Waals surface area contributed by atoms with Gasteiger partial charge in [-0.1, -0.05) is 39.8 Å². The lowest BCUT2D eigenvalue weighted by Gasteiger charge is -2.61. The van der Waals surface area contributed by atoms with Gasteiger partial charge in [0.05, 0.1) is 12.0 Å². The van der Waals surface area contributed by atoms with Crippen molar-refractivity contribution in [2.45, 2.75) is 111 Å². The molecular weight excluding hydrogens is 464 g/mol. The summed E-state index contributed by atoms with van der Waals surface area (Å²) in [6.45, 7) is 8.61. The van der Waals surface area contributed by atoms with Crippen molar-refractivity contribution in [3.05, 3.63) is 35.6 Å². The van der Waals surface area contributed by atoms with Crippen LogP contribution in [0.25, 0.3) is 0 Å². The van der Waals surface area contributed by atoms with Crippen molar-refractivity contribution in [1.82, 2.24) is 0 Å². The smallest absolute Gasteiger partial charge is 0.392 e. The van der Waals surface area contributed by atoms with Crippen LogP contribution in [0, 0.1) is 52.2 Å². The maximum Gasteiger partial charge on any atom is 0.392 e. The summed E-state index contributed by atoms with van der Waals surface area (Å²) >= 11 is 0. The number of hydrogen-bond acceptors (Lipinski definition) is 1. The molecule has 4 aliphatic rings. The summed E-state index contributed by atoms with van der Waals surface area (Å²) in [5.41, 5.74) is 0.777. The van der Waals surface area contributed by atoms with Gasteiger partial charge in [-0.25, -0.2) is 4.39 Å². The zero-order chi connectivity index (χ0) is 26.3. The first kappa shape index (κ1) is 27.9. The first-order valence-electron chi connectivity index (χ1n) is 14.5. The van der Waals surface area contributed by atoms with E-state index in [1.165, 1.54) is 12.1 Å². The first-order valence-corrected chi connectivity index (χ1v) is 14.5. The molecule has 0 amide bonds. The number of rotatable bonds is 4. The molecule has 5 rings (SSSR count). The zero-order valence-electron chi connectivity index (χ0n) is 22.6. The molecule has 1 aromatic carbocycles. The molecule has 4 aliphatic carbocycles. The summed E-state index contributed by atoms with van der Waals surface area (Å²) in [4.78, 5) is 0. The van der Waals surface area contributed by atoms with Crippen LogP contribution in [0.5, 0.6) is 0 Å². The molecule has 4 fully saturated rings. The van der Waals surface area contributed by atoms with Crippen molar-refractivity contribution in [2.24, 2.45) is 46.3 Å². The fourth-order valence-corrected chi connectivity index (χ4v) is 9.50. The second-order valence-corrected chi connectivity index (χ2v) is 12.6. The summed E-state index contributed by atoms with van der Waals surface area (Å²) in [5, 5.41) is 10.2. The van der Waals surface area contributed by atoms with E-state index in [4.69, 9.17) is 0 Å². The number of fused-ring (bicyclic) bond motifs is 5. The third-order valence-electron chi connectivity index (χ3n) is 11.3. The quantitative estimate of drug-likeness (QED) is 0.401. The summed E-state index contributed by atoms with van der Waals surface area (Å²) < 4.78 is 56.6. The Labute approximate surface area is 215 Å². The molecule has 0 radical (unpaired) electrons. The van der Waals surface area contributed by atoms with Gasteiger partial charge in [0.2, 0.25) is 0 Å². The SMILES string of the molecule is CC.CC12CCC(O)CC1CCC1C2CCC2(C)C1CCC2C(CCc1ccc(F)cc1)C(F)(F)F. The molecule has 4 saturated carbocycles. The molecule has 5 heteroatoms. The Balaban J connectivity index is 0.00000148. The minimum absolute atomic E-state index is 0.0912. The molecule has 0 aliphatic heterocycles. The van der Waals surface area contributed by atoms with Crippen LogP contribution in [0.4, 0.5) is 17.6 Å². The highest BCUT2D eigenvalue weighted by molar-refractivity contribution is 5.17. The van der Waals surface area contributed by atoms with E-state index in [9.17, 15) is 22.7 Å². The Bertz CT molecular complexity index is 866. The lowest BCUT2D eigenvalue weighted by atomic mass is 9.44. The summed E-state index contributed by atoms with van der Waals surface area (Å²) in [6.07, 6.45) is 4.69. The minimum Gasteiger partial charge on any atom is -0.393 e. The second-order valence-electron chi connectivity index (χ2n) is 12.6. The van der Waals surface area contributed by atoms with Gasteiger partial charge >= 0.3 is 6.18 Å². The van der Waals surface area contributed by atoms with E-state index in [-0.39, 0.29) is 35.1 Å². The third kappa shape index (κ3) is 4.99. The molecule has 0 aromatic heterocycles. The first-order chi connectivity index (χ1) is 17.0. The van der Waals surface area contributed by atoms with E-state index in [0.29, 0.717) is 36.5 Å². The largest absolute Gasteiger partial charge is 0.393 e. The van der Waals surface area contributed by atoms with E-state index in [1.807, 2.05) is 13.8 Å². The summed E-state index contributed by atoms with van der Waals surface area (Å²) in [6, 6.07) is 5.92. The Morgan fingerprint density at radius 3 is 2.19 bits per heavy atom. The van der Waals surface area contributed by atoms with Gasteiger partial charge in [0.15, 0.2) is 0 Å². The van der Waals surface area contributed by atoms with Crippen LogP contribution >= 0.6 is 0 Å². The molecule has 36 heavy (non-hydrogen) atoms. The monoisotopic (exact) mass is 510 g/mol. The average molecular weight is 511 g/mol. The molecule has 1 aromatic rings. The number of benzene rings is 1. The Hall–Kier alpha value is -1.10. The molecule has 0 saturated heterocycles. The lowest BCUT2D eigenvalue weighted by Crippen LogP contribution is -2.54. The number of halogens is 4. The number of aliphatic hydroxyl groups is 1. The molecule has 204 valence electrons. The van der Waals surface area contributed by atoms with Crippen LogP contribution in [-0.2, 0) is 6.42 Å². The normalized spacial score (nSPS) is 40.8. The molecule has 1 nitrogen and oxygen atoms in total. The number of alkyl halides is 3. The Kier molecular flexibility index (Phi) is 8.20. The minimum atomic E-state index is -4.21. The highest BCUT2D eigenvalue weighted by Gasteiger charge is 2.63. The molecule has 9 atom stereocenters. The van der Waals surface area contributed by atoms with E-state index in [0.717, 1.165) is 56.9 Å². The van der Waals surface area contributed by atoms with Crippen LogP contribution in [0.1, 0.15) is 97.5 Å². The van der Waals surface area contributed by atoms with Gasteiger partial charge in [-0.05, 0) is 129 Å². The Morgan fingerprint density at radius 2 is 1.53 bits per heavy atom. The molecule has 0 spiro atoms. The highest BCUT2D eigenvalue weighted by atomic mass is 19.4. The molecule has 1 N–H and O–H groups in total. The van der Waals surface area contributed by atoms with E-state index < -0.39 is 12.1 Å². The van der Waals surface area contributed by atoms with E-state index >= 15 is 0 Å². The van der Waals surface area contributed by atoms with Crippen molar-refractivity contribution in [3.8, 4) is 0 Å². The Morgan fingerprint density at radius 1 is 0.889 bits per heavy atom. The fraction of sp³-hybridized carbons (Fsp3) is 0.806. The van der Waals surface area contributed by atoms with Crippen LogP contribution < -0.4 is 0 Å². The number of aliphatic hydroxyl groups excluding tert-OH is 1. The molecule has 0 bridgehead atoms. The van der Waals surface area contributed by atoms with Gasteiger partial charge < -0.3 is 5.11 Å². The average Bonchev–Trinajstić information content (AvgIpc) is 3.18. The van der Waals surface area contributed by atoms with Crippen LogP contribution in [0.2, 0.25) is 0 Å². The highest BCUT2D eigenvalue weighted by Crippen LogP contribution is 2.69. The molecular formula is C31H46F4O. The molecule has 9 unspecified atom stereocenters. The van der Waals surface area contributed by atoms with Gasteiger partial charge in [0.25, 0.3) is 0 Å². The standard InChI is InChI=1S/C29H40F4O.C2H6/c1-27-15-13-21(34)17-19(27)6-9-22-23-11-12-25(28(23,2)16-14-24(22)27)26(29(31,32)33)10-5-18-3-7-20(30)8-4-18;1-2/h3-4,7-8,19,21-26,34H,5-6,9-17H2,1-2H3;1-2H3. The predicted octanol–water partition coefficient (Wildman–Crippen LogP) is 8.98. The third-order valence-corrected chi connectivity index (χ3v) is 11.3. The van der Waals surface area contributed by atoms with Crippen LogP contribution in [-0.4, -0.2) is 17.4 Å². The van der Waals surface area contributed by atoms with Crippen LogP contribution in [0.15, 0.2) is 24.3 Å². The summed E-state index contributed by atoms with van der Waals surface area (Å²) in [5.74, 6) is 0.118. The van der Waals surface area contributed by atoms with Gasteiger partial charge in [0, 0.05) is 0 Å². The van der Waals surface area contributed by atoms with Crippen molar-refractivity contribution < 1.29 is 22.7 Å². The van der Waals surface area contributed by atoms with Gasteiger partial charge in [-0.15, -0.1) is 0 Å². The topological polar surface area (TPSA) is 20.2 Å². The van der Waals surface area contributed by atoms with Crippen molar-refractivity contribution >= 4 is 0 Å². The maximum atomic E-state index is 14.4. The van der Waals surface area contributed by atoms with E-state index in [1.54, 1.807) is 12.1 Å². The van der Waals surface area contributed by atoms with Gasteiger partial charge in [-0.3, -0.25) is 0 Å². The van der Waals surface area contributed by atoms with Gasteiger partial charge in [-0.2, -0.15) is 13.2 Å². The zero-order valence-corrected chi connectivity index (χ0v) is 22.6. The predicted molar refractivity (Wildman–Crippen MR) is 137 cm³/mol. The number of aryl methyl sites for hydroxylation is 1. The lowest BCUT2D eigenvalue weighted by molar-refractivity contribution is -0.208. The van der Waals surface area contributed by atoms with Crippen molar-refractivity contribution in [2.75, 3.05) is 0 Å². The number of hydrogen-bond donors (Lipinski definition) is 1. The van der Waals surface area contributed by atoms with Crippen molar-refractivity contribution in [1.29, 1.82) is 0 Å². The fourth-order valence-electron chi connectivity index (χ4n) is 9.50. The second kappa shape index (κ2) is 10.6.